The molecule has 0 aromatic heterocycles. The monoisotopic (exact) mass is 213 g/mol. The molecule has 1 unspecified atom stereocenters. The van der Waals surface area contributed by atoms with Gasteiger partial charge in [-0.1, -0.05) is 54.6 Å². The van der Waals surface area contributed by atoms with Gasteiger partial charge in [0.25, 0.3) is 0 Å². The normalized spacial score (nSPS) is 12.4. The molecule has 0 bridgehead atoms. The summed E-state index contributed by atoms with van der Waals surface area (Å²) in [4.78, 5) is 0. The van der Waals surface area contributed by atoms with E-state index in [2.05, 4.69) is 12.1 Å². The molecule has 0 aliphatic carbocycles. The third kappa shape index (κ3) is 2.69. The van der Waals surface area contributed by atoms with Gasteiger partial charge >= 0.3 is 0 Å². The predicted molar refractivity (Wildman–Crippen MR) is 64.8 cm³/mol. The van der Waals surface area contributed by atoms with Crippen molar-refractivity contribution in [1.82, 2.24) is 0 Å². The first-order valence-corrected chi connectivity index (χ1v) is 5.32. The van der Waals surface area contributed by atoms with Crippen LogP contribution in [0.1, 0.15) is 22.9 Å². The summed E-state index contributed by atoms with van der Waals surface area (Å²) in [5.41, 5.74) is 8.61. The number of hydrogen-bond donors (Lipinski definition) is 2. The molecule has 0 heterocycles. The molecule has 0 aliphatic heterocycles. The summed E-state index contributed by atoms with van der Waals surface area (Å²) in [7, 11) is 0. The molecular formula is C14H15NO. The molecule has 16 heavy (non-hydrogen) atoms. The molecule has 2 aromatic carbocycles. The Morgan fingerprint density at radius 1 is 0.938 bits per heavy atom. The van der Waals surface area contributed by atoms with Crippen LogP contribution < -0.4 is 5.73 Å². The van der Waals surface area contributed by atoms with Crippen molar-refractivity contribution in [2.24, 2.45) is 5.73 Å². The van der Waals surface area contributed by atoms with Gasteiger partial charge in [0.15, 0.2) is 0 Å². The summed E-state index contributed by atoms with van der Waals surface area (Å²) in [5.74, 6) is 0. The molecule has 2 rings (SSSR count). The van der Waals surface area contributed by atoms with Gasteiger partial charge in [-0.05, 0) is 23.1 Å². The third-order valence-corrected chi connectivity index (χ3v) is 2.54. The van der Waals surface area contributed by atoms with Crippen molar-refractivity contribution >= 4 is 0 Å². The van der Waals surface area contributed by atoms with E-state index in [1.165, 1.54) is 5.56 Å². The van der Waals surface area contributed by atoms with Crippen LogP contribution in [0, 0.1) is 0 Å². The number of aliphatic hydroxyl groups excluding tert-OH is 1. The van der Waals surface area contributed by atoms with Crippen molar-refractivity contribution in [2.75, 3.05) is 0 Å². The summed E-state index contributed by atoms with van der Waals surface area (Å²) < 4.78 is 0. The van der Waals surface area contributed by atoms with Crippen molar-refractivity contribution in [1.29, 1.82) is 0 Å². The van der Waals surface area contributed by atoms with E-state index in [9.17, 15) is 5.11 Å². The van der Waals surface area contributed by atoms with Crippen molar-refractivity contribution in [2.45, 2.75) is 12.6 Å². The second-order valence-electron chi connectivity index (χ2n) is 3.85. The number of hydrogen-bond acceptors (Lipinski definition) is 2. The van der Waals surface area contributed by atoms with E-state index < -0.39 is 6.23 Å². The third-order valence-electron chi connectivity index (χ3n) is 2.54. The summed E-state index contributed by atoms with van der Waals surface area (Å²) >= 11 is 0. The molecule has 0 fully saturated rings. The average molecular weight is 213 g/mol. The van der Waals surface area contributed by atoms with Crippen LogP contribution in [0.5, 0.6) is 0 Å². The molecule has 0 aliphatic rings. The lowest BCUT2D eigenvalue weighted by Gasteiger charge is -2.07. The molecule has 2 nitrogen and oxygen atoms in total. The SMILES string of the molecule is NC(O)c1cccc(Cc2ccccc2)c1. The minimum absolute atomic E-state index is 0.758. The zero-order valence-electron chi connectivity index (χ0n) is 9.01. The van der Waals surface area contributed by atoms with Crippen LogP contribution in [-0.2, 0) is 6.42 Å². The standard InChI is InChI=1S/C14H15NO/c15-14(16)13-8-4-7-12(10-13)9-11-5-2-1-3-6-11/h1-8,10,14,16H,9,15H2. The molecule has 0 radical (unpaired) electrons. The quantitative estimate of drug-likeness (QED) is 0.768. The molecule has 0 saturated heterocycles. The second kappa shape index (κ2) is 4.92. The summed E-state index contributed by atoms with van der Waals surface area (Å²) in [6.45, 7) is 0. The Kier molecular flexibility index (Phi) is 3.34. The zero-order chi connectivity index (χ0) is 11.4. The first-order chi connectivity index (χ1) is 7.75. The number of benzene rings is 2. The lowest BCUT2D eigenvalue weighted by molar-refractivity contribution is 0.186. The number of nitrogens with two attached hydrogens (primary N) is 1. The summed E-state index contributed by atoms with van der Waals surface area (Å²) in [6.07, 6.45) is -0.0303. The highest BCUT2D eigenvalue weighted by atomic mass is 16.3. The number of rotatable bonds is 3. The fourth-order valence-electron chi connectivity index (χ4n) is 1.72. The summed E-state index contributed by atoms with van der Waals surface area (Å²) in [5, 5.41) is 9.29. The Balaban J connectivity index is 2.19. The summed E-state index contributed by atoms with van der Waals surface area (Å²) in [6, 6.07) is 18.0. The number of aliphatic hydroxyl groups is 1. The second-order valence-corrected chi connectivity index (χ2v) is 3.85. The molecule has 82 valence electrons. The van der Waals surface area contributed by atoms with Crippen LogP contribution in [0.25, 0.3) is 0 Å². The van der Waals surface area contributed by atoms with Gasteiger partial charge in [0.2, 0.25) is 0 Å². The van der Waals surface area contributed by atoms with E-state index in [4.69, 9.17) is 5.73 Å². The molecule has 2 heteroatoms. The van der Waals surface area contributed by atoms with E-state index in [0.29, 0.717) is 0 Å². The Labute approximate surface area is 95.4 Å². The Morgan fingerprint density at radius 3 is 2.31 bits per heavy atom. The van der Waals surface area contributed by atoms with Gasteiger partial charge in [-0.2, -0.15) is 0 Å². The van der Waals surface area contributed by atoms with Gasteiger partial charge in [-0.25, -0.2) is 0 Å². The fourth-order valence-corrected chi connectivity index (χ4v) is 1.72. The lowest BCUT2D eigenvalue weighted by Crippen LogP contribution is -2.08. The van der Waals surface area contributed by atoms with Gasteiger partial charge in [0, 0.05) is 0 Å². The van der Waals surface area contributed by atoms with E-state index in [1.807, 2.05) is 42.5 Å². The lowest BCUT2D eigenvalue weighted by atomic mass is 10.0. The smallest absolute Gasteiger partial charge is 0.128 e. The van der Waals surface area contributed by atoms with Gasteiger partial charge in [-0.3, -0.25) is 0 Å². The molecule has 0 saturated carbocycles. The molecule has 3 N–H and O–H groups in total. The predicted octanol–water partition coefficient (Wildman–Crippen LogP) is 2.23. The molecule has 2 aromatic rings. The van der Waals surface area contributed by atoms with Gasteiger partial charge in [0.05, 0.1) is 0 Å². The van der Waals surface area contributed by atoms with Crippen LogP contribution in [0.4, 0.5) is 0 Å². The highest BCUT2D eigenvalue weighted by Gasteiger charge is 2.02. The maximum Gasteiger partial charge on any atom is 0.128 e. The molecular weight excluding hydrogens is 198 g/mol. The van der Waals surface area contributed by atoms with Gasteiger partial charge in [0.1, 0.15) is 6.23 Å². The van der Waals surface area contributed by atoms with E-state index in [0.717, 1.165) is 17.5 Å². The minimum Gasteiger partial charge on any atom is -0.375 e. The Hall–Kier alpha value is -1.64. The van der Waals surface area contributed by atoms with E-state index in [-0.39, 0.29) is 0 Å². The van der Waals surface area contributed by atoms with Crippen LogP contribution in [0.15, 0.2) is 54.6 Å². The van der Waals surface area contributed by atoms with Crippen LogP contribution in [0.2, 0.25) is 0 Å². The highest BCUT2D eigenvalue weighted by Crippen LogP contribution is 2.14. The molecule has 1 atom stereocenters. The molecule has 0 spiro atoms. The first-order valence-electron chi connectivity index (χ1n) is 5.32. The maximum atomic E-state index is 9.29. The highest BCUT2D eigenvalue weighted by molar-refractivity contribution is 5.30. The maximum absolute atomic E-state index is 9.29. The Morgan fingerprint density at radius 2 is 1.62 bits per heavy atom. The van der Waals surface area contributed by atoms with Gasteiger partial charge < -0.3 is 10.8 Å². The largest absolute Gasteiger partial charge is 0.375 e. The van der Waals surface area contributed by atoms with Crippen molar-refractivity contribution in [3.8, 4) is 0 Å². The average Bonchev–Trinajstić information content (AvgIpc) is 2.30. The van der Waals surface area contributed by atoms with Crippen molar-refractivity contribution in [3.05, 3.63) is 71.3 Å². The zero-order valence-corrected chi connectivity index (χ0v) is 9.01. The molecule has 0 amide bonds. The van der Waals surface area contributed by atoms with Crippen LogP contribution in [0.3, 0.4) is 0 Å². The first kappa shape index (κ1) is 10.9. The van der Waals surface area contributed by atoms with Gasteiger partial charge in [-0.15, -0.1) is 0 Å². The van der Waals surface area contributed by atoms with Crippen LogP contribution >= 0.6 is 0 Å². The fraction of sp³-hybridized carbons (Fsp3) is 0.143. The van der Waals surface area contributed by atoms with E-state index in [1.54, 1.807) is 0 Å². The topological polar surface area (TPSA) is 46.2 Å². The van der Waals surface area contributed by atoms with Crippen molar-refractivity contribution < 1.29 is 5.11 Å². The minimum atomic E-state index is -0.893. The van der Waals surface area contributed by atoms with Crippen molar-refractivity contribution in [3.63, 3.8) is 0 Å². The van der Waals surface area contributed by atoms with E-state index >= 15 is 0 Å². The van der Waals surface area contributed by atoms with Crippen LogP contribution in [-0.4, -0.2) is 5.11 Å². The Bertz CT molecular complexity index is 451.